The molecule has 4 N–H and O–H groups in total. The predicted molar refractivity (Wildman–Crippen MR) is 368 cm³/mol. The topological polar surface area (TPSA) is 279 Å². The van der Waals surface area contributed by atoms with Crippen LogP contribution in [0.4, 0.5) is 0 Å². The maximum absolute atomic E-state index is 15.5. The highest BCUT2D eigenvalue weighted by atomic mass is 35.5. The predicted octanol–water partition coefficient (Wildman–Crippen LogP) is 3.29. The molecular formula is C72H97ClN12O12. The highest BCUT2D eigenvalue weighted by molar-refractivity contribution is 6.30. The number of likely N-dealkylation sites (tertiary alicyclic amines) is 1. The van der Waals surface area contributed by atoms with Gasteiger partial charge in [0.1, 0.15) is 48.3 Å². The molecule has 4 aromatic rings. The molecule has 0 unspecified atom stereocenters. The van der Waals surface area contributed by atoms with E-state index < -0.39 is 157 Å². The van der Waals surface area contributed by atoms with Crippen LogP contribution in [-0.4, -0.2) is 240 Å². The van der Waals surface area contributed by atoms with Gasteiger partial charge in [0.05, 0.1) is 26.1 Å². The van der Waals surface area contributed by atoms with Gasteiger partial charge in [-0.1, -0.05) is 148 Å². The second kappa shape index (κ2) is 35.7. The highest BCUT2D eigenvalue weighted by Crippen LogP contribution is 2.22. The minimum atomic E-state index is -1.47. The Morgan fingerprint density at radius 1 is 0.505 bits per heavy atom. The van der Waals surface area contributed by atoms with Gasteiger partial charge in [0.2, 0.25) is 70.9 Å². The third-order valence-electron chi connectivity index (χ3n) is 18.4. The molecule has 0 saturated carbocycles. The van der Waals surface area contributed by atoms with Crippen molar-refractivity contribution in [1.29, 1.82) is 0 Å². The van der Waals surface area contributed by atoms with Crippen LogP contribution < -0.4 is 21.3 Å². The fourth-order valence-electron chi connectivity index (χ4n) is 12.1. The van der Waals surface area contributed by atoms with Gasteiger partial charge in [0, 0.05) is 93.1 Å². The Balaban J connectivity index is 1.45. The van der Waals surface area contributed by atoms with Crippen molar-refractivity contribution in [2.24, 2.45) is 11.8 Å². The molecule has 0 aliphatic carbocycles. The molecule has 0 spiro atoms. The fraction of sp³-hybridized carbons (Fsp3) is 0.500. The van der Waals surface area contributed by atoms with E-state index in [2.05, 4.69) is 21.3 Å². The van der Waals surface area contributed by atoms with E-state index in [1.54, 1.807) is 123 Å². The summed E-state index contributed by atoms with van der Waals surface area (Å²) < 4.78 is 0. The number of benzene rings is 4. The molecule has 2 aliphatic heterocycles. The maximum atomic E-state index is 15.5. The third kappa shape index (κ3) is 21.2. The van der Waals surface area contributed by atoms with Gasteiger partial charge in [-0.25, -0.2) is 0 Å². The number of hydrogen-bond acceptors (Lipinski definition) is 12. The lowest BCUT2D eigenvalue weighted by atomic mass is 9.97. The van der Waals surface area contributed by atoms with E-state index >= 15 is 19.2 Å². The zero-order valence-electron chi connectivity index (χ0n) is 58.2. The summed E-state index contributed by atoms with van der Waals surface area (Å²) in [6, 6.07) is 21.1. The van der Waals surface area contributed by atoms with Crippen molar-refractivity contribution in [2.45, 2.75) is 141 Å². The molecule has 97 heavy (non-hydrogen) atoms. The number of carbonyl (C=O) groups is 12. The number of amides is 12. The SMILES string of the molecule is CC[C@H](C)[C@@H]1NC(=O)[C@H](C)N(C)C(=O)C[C@H](C(=O)N2CCCC2)NC(=O)[C@H](C(C)C)N(C)C(=O)[C@H](Cc2ccccc2)N(C)C(=O)[C@H](Cc2ccccc2)NC(=O)[C@H](Cc2cccc(C)c2)NC(=O)CN(C)C(=O)[C@H](Cc2ccc(Cl)cc2)N(C)C(=O)CN(C)C(=O)CN(C)C1=O. The van der Waals surface area contributed by atoms with E-state index in [9.17, 15) is 38.4 Å². The number of aryl methyl sites for hydroxylation is 1. The molecule has 6 rings (SSSR count). The van der Waals surface area contributed by atoms with Crippen molar-refractivity contribution in [2.75, 3.05) is 82.1 Å². The van der Waals surface area contributed by atoms with Crippen LogP contribution in [0.15, 0.2) is 109 Å². The van der Waals surface area contributed by atoms with Crippen LogP contribution >= 0.6 is 11.6 Å². The van der Waals surface area contributed by atoms with Crippen LogP contribution in [0.1, 0.15) is 88.1 Å². The Morgan fingerprint density at radius 2 is 1.04 bits per heavy atom. The summed E-state index contributed by atoms with van der Waals surface area (Å²) in [4.78, 5) is 186. The second-order valence-corrected chi connectivity index (χ2v) is 26.6. The van der Waals surface area contributed by atoms with E-state index in [-0.39, 0.29) is 25.7 Å². The average Bonchev–Trinajstić information content (AvgIpc) is 0.925. The summed E-state index contributed by atoms with van der Waals surface area (Å²) >= 11 is 6.25. The second-order valence-electron chi connectivity index (χ2n) is 26.2. The van der Waals surface area contributed by atoms with E-state index in [0.717, 1.165) is 25.2 Å². The number of likely N-dealkylation sites (N-methyl/N-ethyl adjacent to an activating group) is 7. The maximum Gasteiger partial charge on any atom is 0.246 e. The smallest absolute Gasteiger partial charge is 0.246 e. The Kier molecular flexibility index (Phi) is 28.3. The van der Waals surface area contributed by atoms with Crippen molar-refractivity contribution in [3.63, 3.8) is 0 Å². The van der Waals surface area contributed by atoms with Gasteiger partial charge in [0.15, 0.2) is 0 Å². The van der Waals surface area contributed by atoms with Crippen LogP contribution in [0.2, 0.25) is 5.02 Å². The van der Waals surface area contributed by atoms with Crippen LogP contribution in [0.25, 0.3) is 0 Å². The third-order valence-corrected chi connectivity index (χ3v) is 18.7. The first-order valence-electron chi connectivity index (χ1n) is 33.1. The summed E-state index contributed by atoms with van der Waals surface area (Å²) in [6.45, 7) is 9.29. The molecule has 524 valence electrons. The number of carbonyl (C=O) groups excluding carboxylic acids is 12. The number of nitrogens with zero attached hydrogens (tertiary/aromatic N) is 8. The monoisotopic (exact) mass is 1360 g/mol. The van der Waals surface area contributed by atoms with Gasteiger partial charge in [-0.05, 0) is 72.9 Å². The standard InChI is InChI=1S/C72H97ClN12O12/c1-14-47(5)63-72(97)80(9)43-61(88)78(7)44-62(89)82(11)57(40-51-30-32-53(73)33-31-51)70(95)79(8)42-59(86)74-54(38-52-29-23-24-46(4)36-52)66(91)75-55(37-49-25-17-15-18-26-49)68(93)83(12)58(39-50-27-19-16-20-28-50)71(96)84(13)64(45(2)3)67(92)76-56(69(94)85-34-21-22-35-85)41-60(87)81(10)48(6)65(90)77-63/h15-20,23-33,36,45,47-48,54-58,63-64H,14,21-22,34-35,37-44H2,1-13H3,(H,74,86)(H,75,91)(H,76,92)(H,77,90)/t47-,48-,54-,55-,56+,57-,58-,63-,64-/m0/s1. The van der Waals surface area contributed by atoms with Crippen LogP contribution in [0.3, 0.4) is 0 Å². The molecular weight excluding hydrogens is 1260 g/mol. The van der Waals surface area contributed by atoms with Gasteiger partial charge in [-0.2, -0.15) is 0 Å². The summed E-state index contributed by atoms with van der Waals surface area (Å²) in [7, 11) is 9.70. The first-order chi connectivity index (χ1) is 45.9. The normalized spacial score (nSPS) is 23.5. The quantitative estimate of drug-likeness (QED) is 0.159. The van der Waals surface area contributed by atoms with E-state index in [4.69, 9.17) is 11.6 Å². The van der Waals surface area contributed by atoms with Crippen LogP contribution in [-0.2, 0) is 83.2 Å². The Bertz CT molecular complexity index is 3440. The molecule has 2 fully saturated rings. The van der Waals surface area contributed by atoms with Gasteiger partial charge >= 0.3 is 0 Å². The number of nitrogens with one attached hydrogen (secondary N) is 4. The molecule has 12 amide bonds. The van der Waals surface area contributed by atoms with Gasteiger partial charge in [-0.3, -0.25) is 57.5 Å². The molecule has 24 nitrogen and oxygen atoms in total. The number of hydrogen-bond donors (Lipinski definition) is 4. The van der Waals surface area contributed by atoms with Crippen molar-refractivity contribution in [3.8, 4) is 0 Å². The largest absolute Gasteiger partial charge is 0.342 e. The van der Waals surface area contributed by atoms with Crippen molar-refractivity contribution >= 4 is 82.5 Å². The van der Waals surface area contributed by atoms with Crippen molar-refractivity contribution < 1.29 is 57.5 Å². The van der Waals surface area contributed by atoms with E-state index in [1.165, 1.54) is 71.0 Å². The lowest BCUT2D eigenvalue weighted by molar-refractivity contribution is -0.150. The van der Waals surface area contributed by atoms with Gasteiger partial charge in [-0.15, -0.1) is 0 Å². The first kappa shape index (κ1) is 76.8. The molecule has 25 heteroatoms. The highest BCUT2D eigenvalue weighted by Gasteiger charge is 2.42. The fourth-order valence-corrected chi connectivity index (χ4v) is 12.2. The van der Waals surface area contributed by atoms with Gasteiger partial charge in [0.25, 0.3) is 0 Å². The summed E-state index contributed by atoms with van der Waals surface area (Å²) in [5, 5.41) is 11.8. The molecule has 0 bridgehead atoms. The molecule has 2 saturated heterocycles. The molecule has 0 radical (unpaired) electrons. The summed E-state index contributed by atoms with van der Waals surface area (Å²) in [5.41, 5.74) is 3.39. The lowest BCUT2D eigenvalue weighted by Crippen LogP contribution is -2.61. The summed E-state index contributed by atoms with van der Waals surface area (Å²) in [5.74, 6) is -9.50. The van der Waals surface area contributed by atoms with Crippen molar-refractivity contribution in [1.82, 2.24) is 60.5 Å². The molecule has 2 aliphatic rings. The Hall–Kier alpha value is -9.19. The Labute approximate surface area is 575 Å². The first-order valence-corrected chi connectivity index (χ1v) is 33.4. The minimum absolute atomic E-state index is 0.0597. The molecule has 0 aromatic heterocycles. The number of halogens is 1. The van der Waals surface area contributed by atoms with E-state index in [0.29, 0.717) is 59.6 Å². The zero-order chi connectivity index (χ0) is 71.5. The summed E-state index contributed by atoms with van der Waals surface area (Å²) in [6.07, 6.45) is 0.885. The van der Waals surface area contributed by atoms with Crippen LogP contribution in [0.5, 0.6) is 0 Å². The minimum Gasteiger partial charge on any atom is -0.342 e. The van der Waals surface area contributed by atoms with Crippen LogP contribution in [0, 0.1) is 18.8 Å². The molecule has 2 heterocycles. The molecule has 9 atom stereocenters. The van der Waals surface area contributed by atoms with Gasteiger partial charge < -0.3 is 60.5 Å². The number of rotatable bonds is 12. The lowest BCUT2D eigenvalue weighted by Gasteiger charge is -2.38. The Morgan fingerprint density at radius 3 is 1.62 bits per heavy atom. The average molecular weight is 1360 g/mol. The van der Waals surface area contributed by atoms with E-state index in [1.807, 2.05) is 26.0 Å². The molecule has 4 aromatic carbocycles. The zero-order valence-corrected chi connectivity index (χ0v) is 59.0. The van der Waals surface area contributed by atoms with Crippen molar-refractivity contribution in [3.05, 3.63) is 142 Å².